The molecule has 1 aliphatic carbocycles. The number of anilines is 1. The Balaban J connectivity index is 2.20. The number of nitrogen functional groups attached to an aromatic ring is 1. The maximum Gasteiger partial charge on any atom is 0.290 e. The van der Waals surface area contributed by atoms with Crippen LogP contribution in [0.4, 0.5) is 5.69 Å². The summed E-state index contributed by atoms with van der Waals surface area (Å²) in [4.78, 5) is 12.7. The first kappa shape index (κ1) is 14.0. The molecule has 1 aliphatic rings. The summed E-state index contributed by atoms with van der Waals surface area (Å²) < 4.78 is 3.95. The second kappa shape index (κ2) is 5.80. The van der Waals surface area contributed by atoms with E-state index in [1.165, 1.54) is 19.3 Å². The highest BCUT2D eigenvalue weighted by molar-refractivity contribution is 5.47. The van der Waals surface area contributed by atoms with Crippen LogP contribution in [-0.4, -0.2) is 9.36 Å². The number of rotatable bonds is 3. The predicted octanol–water partition coefficient (Wildman–Crippen LogP) is 3.29. The van der Waals surface area contributed by atoms with Crippen molar-refractivity contribution >= 4 is 5.69 Å². The summed E-state index contributed by atoms with van der Waals surface area (Å²) in [6.45, 7) is 2.05. The lowest BCUT2D eigenvalue weighted by Gasteiger charge is -2.26. The van der Waals surface area contributed by atoms with Crippen LogP contribution in [0.2, 0.25) is 0 Å². The van der Waals surface area contributed by atoms with Crippen LogP contribution in [0, 0.1) is 0 Å². The molecule has 1 heterocycles. The van der Waals surface area contributed by atoms with Gasteiger partial charge < -0.3 is 5.73 Å². The van der Waals surface area contributed by atoms with Crippen LogP contribution in [0.1, 0.15) is 50.8 Å². The van der Waals surface area contributed by atoms with Crippen molar-refractivity contribution in [1.82, 2.24) is 9.36 Å². The molecule has 1 aromatic carbocycles. The van der Waals surface area contributed by atoms with Crippen molar-refractivity contribution in [3.8, 4) is 5.69 Å². The van der Waals surface area contributed by atoms with E-state index in [2.05, 4.69) is 6.92 Å². The Bertz CT molecular complexity index is 663. The maximum absolute atomic E-state index is 12.7. The summed E-state index contributed by atoms with van der Waals surface area (Å²) in [6.07, 6.45) is 6.55. The molecule has 0 unspecified atom stereocenters. The van der Waals surface area contributed by atoms with Crippen molar-refractivity contribution in [3.05, 3.63) is 46.4 Å². The summed E-state index contributed by atoms with van der Waals surface area (Å²) in [6, 6.07) is 10.3. The van der Waals surface area contributed by atoms with Gasteiger partial charge in [-0.25, -0.2) is 4.68 Å². The van der Waals surface area contributed by atoms with E-state index in [9.17, 15) is 4.79 Å². The summed E-state index contributed by atoms with van der Waals surface area (Å²) in [5, 5.41) is 0. The molecule has 4 nitrogen and oxygen atoms in total. The molecule has 1 fully saturated rings. The van der Waals surface area contributed by atoms with Gasteiger partial charge >= 0.3 is 0 Å². The Morgan fingerprint density at radius 3 is 2.43 bits per heavy atom. The first-order chi connectivity index (χ1) is 10.2. The van der Waals surface area contributed by atoms with Gasteiger partial charge in [0.2, 0.25) is 0 Å². The maximum atomic E-state index is 12.7. The van der Waals surface area contributed by atoms with E-state index in [1.54, 1.807) is 0 Å². The fourth-order valence-corrected chi connectivity index (χ4v) is 3.43. The third-order valence-electron chi connectivity index (χ3n) is 4.48. The smallest absolute Gasteiger partial charge is 0.290 e. The molecular formula is C17H23N3O. The van der Waals surface area contributed by atoms with Crippen LogP contribution < -0.4 is 11.3 Å². The molecule has 0 radical (unpaired) electrons. The van der Waals surface area contributed by atoms with E-state index in [0.717, 1.165) is 30.6 Å². The second-order valence-corrected chi connectivity index (χ2v) is 5.80. The second-order valence-electron chi connectivity index (χ2n) is 5.80. The molecule has 2 aromatic rings. The molecule has 0 atom stereocenters. The normalized spacial score (nSPS) is 16.2. The largest absolute Gasteiger partial charge is 0.393 e. The number of hydrogen-bond donors (Lipinski definition) is 1. The first-order valence-electron chi connectivity index (χ1n) is 7.91. The molecule has 1 saturated carbocycles. The van der Waals surface area contributed by atoms with Gasteiger partial charge in [0.25, 0.3) is 5.56 Å². The average Bonchev–Trinajstić information content (AvgIpc) is 2.80. The molecule has 0 saturated heterocycles. The molecule has 2 N–H and O–H groups in total. The highest BCUT2D eigenvalue weighted by atomic mass is 16.1. The fourth-order valence-electron chi connectivity index (χ4n) is 3.43. The van der Waals surface area contributed by atoms with E-state index in [4.69, 9.17) is 5.73 Å². The van der Waals surface area contributed by atoms with E-state index in [1.807, 2.05) is 39.7 Å². The van der Waals surface area contributed by atoms with Crippen molar-refractivity contribution in [2.24, 2.45) is 0 Å². The van der Waals surface area contributed by atoms with Gasteiger partial charge in [0.1, 0.15) is 5.69 Å². The fraction of sp³-hybridized carbons (Fsp3) is 0.471. The monoisotopic (exact) mass is 285 g/mol. The van der Waals surface area contributed by atoms with Crippen LogP contribution in [0.25, 0.3) is 5.69 Å². The lowest BCUT2D eigenvalue weighted by molar-refractivity contribution is 0.304. The Morgan fingerprint density at radius 1 is 1.14 bits per heavy atom. The summed E-state index contributed by atoms with van der Waals surface area (Å²) in [5.41, 5.74) is 8.44. The van der Waals surface area contributed by atoms with Gasteiger partial charge in [0, 0.05) is 0 Å². The molecule has 3 rings (SSSR count). The Labute approximate surface area is 125 Å². The minimum Gasteiger partial charge on any atom is -0.393 e. The van der Waals surface area contributed by atoms with Gasteiger partial charge in [-0.05, 0) is 31.4 Å². The van der Waals surface area contributed by atoms with Crippen LogP contribution in [0.3, 0.4) is 0 Å². The Kier molecular flexibility index (Phi) is 3.86. The number of nitrogens with zero attached hydrogens (tertiary/aromatic N) is 2. The highest BCUT2D eigenvalue weighted by Crippen LogP contribution is 2.29. The van der Waals surface area contributed by atoms with Crippen LogP contribution in [0.15, 0.2) is 35.1 Å². The zero-order valence-electron chi connectivity index (χ0n) is 12.6. The standard InChI is InChI=1S/C17H23N3O/c1-2-15-16(18)17(21)20(14-11-7-4-8-12-14)19(15)13-9-5-3-6-10-13/h3,5-6,9-10,14H,2,4,7-8,11-12,18H2,1H3. The van der Waals surface area contributed by atoms with E-state index in [0.29, 0.717) is 5.69 Å². The number of para-hydroxylation sites is 1. The lowest BCUT2D eigenvalue weighted by atomic mass is 9.96. The zero-order valence-corrected chi connectivity index (χ0v) is 12.6. The van der Waals surface area contributed by atoms with Crippen LogP contribution in [0.5, 0.6) is 0 Å². The molecule has 1 aromatic heterocycles. The van der Waals surface area contributed by atoms with Gasteiger partial charge in [-0.3, -0.25) is 9.48 Å². The minimum absolute atomic E-state index is 0.0254. The molecule has 112 valence electrons. The van der Waals surface area contributed by atoms with Crippen molar-refractivity contribution in [2.45, 2.75) is 51.5 Å². The third kappa shape index (κ3) is 2.39. The third-order valence-corrected chi connectivity index (χ3v) is 4.48. The molecular weight excluding hydrogens is 262 g/mol. The van der Waals surface area contributed by atoms with Crippen molar-refractivity contribution in [2.75, 3.05) is 5.73 Å². The number of aromatic nitrogens is 2. The SMILES string of the molecule is CCc1c(N)c(=O)n(C2CCCCC2)n1-c1ccccc1. The van der Waals surface area contributed by atoms with Crippen LogP contribution >= 0.6 is 0 Å². The van der Waals surface area contributed by atoms with Crippen LogP contribution in [-0.2, 0) is 6.42 Å². The predicted molar refractivity (Wildman–Crippen MR) is 85.9 cm³/mol. The quantitative estimate of drug-likeness (QED) is 0.940. The number of benzene rings is 1. The molecule has 21 heavy (non-hydrogen) atoms. The Morgan fingerprint density at radius 2 is 1.81 bits per heavy atom. The number of hydrogen-bond acceptors (Lipinski definition) is 2. The van der Waals surface area contributed by atoms with E-state index in [-0.39, 0.29) is 11.6 Å². The van der Waals surface area contributed by atoms with Gasteiger partial charge in [0.15, 0.2) is 0 Å². The minimum atomic E-state index is -0.0254. The number of nitrogens with two attached hydrogens (primary N) is 1. The van der Waals surface area contributed by atoms with E-state index >= 15 is 0 Å². The molecule has 0 spiro atoms. The first-order valence-corrected chi connectivity index (χ1v) is 7.91. The molecule has 0 amide bonds. The van der Waals surface area contributed by atoms with E-state index < -0.39 is 0 Å². The zero-order chi connectivity index (χ0) is 14.8. The molecule has 0 aliphatic heterocycles. The average molecular weight is 285 g/mol. The van der Waals surface area contributed by atoms with Crippen molar-refractivity contribution in [1.29, 1.82) is 0 Å². The topological polar surface area (TPSA) is 53.0 Å². The van der Waals surface area contributed by atoms with Crippen molar-refractivity contribution in [3.63, 3.8) is 0 Å². The summed E-state index contributed by atoms with van der Waals surface area (Å²) >= 11 is 0. The molecule has 4 heteroatoms. The Hall–Kier alpha value is -1.97. The molecule has 0 bridgehead atoms. The summed E-state index contributed by atoms with van der Waals surface area (Å²) in [5.74, 6) is 0. The van der Waals surface area contributed by atoms with Gasteiger partial charge in [-0.15, -0.1) is 0 Å². The van der Waals surface area contributed by atoms with Crippen molar-refractivity contribution < 1.29 is 0 Å². The van der Waals surface area contributed by atoms with Gasteiger partial charge in [-0.1, -0.05) is 44.4 Å². The highest BCUT2D eigenvalue weighted by Gasteiger charge is 2.24. The van der Waals surface area contributed by atoms with Gasteiger partial charge in [0.05, 0.1) is 17.4 Å². The lowest BCUT2D eigenvalue weighted by Crippen LogP contribution is -2.29. The summed E-state index contributed by atoms with van der Waals surface area (Å²) in [7, 11) is 0. The van der Waals surface area contributed by atoms with Gasteiger partial charge in [-0.2, -0.15) is 0 Å².